The fourth-order valence-electron chi connectivity index (χ4n) is 4.30. The molecule has 1 amide bonds. The topological polar surface area (TPSA) is 76.1 Å². The number of anilines is 1. The van der Waals surface area contributed by atoms with Crippen molar-refractivity contribution in [2.24, 2.45) is 0 Å². The van der Waals surface area contributed by atoms with Crippen LogP contribution < -0.4 is 15.4 Å². The standard InChI is InChI=1S/C25H26Cl2N4O2/c1-4-14-12-20(33-3)24(27)22(23(14)26)15-9-10-17-16(11-15)13-28-25(30-17)31-19-8-6-7-18(19)29-21(32)5-2/h5,9-13,18-19H,2,4,6-8H2,1,3H3,(H,29,32)(H,28,30,31)/t18-,19-/m1/s1. The Kier molecular flexibility index (Phi) is 7.05. The van der Waals surface area contributed by atoms with Crippen LogP contribution in [0.15, 0.2) is 43.1 Å². The van der Waals surface area contributed by atoms with Crippen molar-refractivity contribution in [3.05, 3.63) is 58.7 Å². The fraction of sp³-hybridized carbons (Fsp3) is 0.320. The van der Waals surface area contributed by atoms with Crippen molar-refractivity contribution in [3.8, 4) is 16.9 Å². The number of nitrogens with zero attached hydrogens (tertiary/aromatic N) is 2. The number of carbonyl (C=O) groups is 1. The molecule has 0 aliphatic heterocycles. The number of fused-ring (bicyclic) bond motifs is 1. The number of methoxy groups -OCH3 is 1. The lowest BCUT2D eigenvalue weighted by Gasteiger charge is -2.21. The van der Waals surface area contributed by atoms with E-state index in [1.54, 1.807) is 13.3 Å². The van der Waals surface area contributed by atoms with Crippen molar-refractivity contribution >= 4 is 46.0 Å². The predicted molar refractivity (Wildman–Crippen MR) is 134 cm³/mol. The van der Waals surface area contributed by atoms with Gasteiger partial charge in [-0.2, -0.15) is 0 Å². The summed E-state index contributed by atoms with van der Waals surface area (Å²) in [6, 6.07) is 7.85. The summed E-state index contributed by atoms with van der Waals surface area (Å²) < 4.78 is 5.46. The average molecular weight is 485 g/mol. The normalized spacial score (nSPS) is 17.7. The summed E-state index contributed by atoms with van der Waals surface area (Å²) in [5.41, 5.74) is 3.38. The molecule has 1 saturated carbocycles. The van der Waals surface area contributed by atoms with Crippen LogP contribution in [0.25, 0.3) is 22.0 Å². The van der Waals surface area contributed by atoms with E-state index in [9.17, 15) is 4.79 Å². The lowest BCUT2D eigenvalue weighted by Crippen LogP contribution is -2.42. The summed E-state index contributed by atoms with van der Waals surface area (Å²) in [5, 5.41) is 8.33. The largest absolute Gasteiger partial charge is 0.495 e. The Hall–Kier alpha value is -2.83. The molecule has 1 aliphatic carbocycles. The molecule has 0 saturated heterocycles. The number of hydrogen-bond donors (Lipinski definition) is 2. The molecule has 0 bridgehead atoms. The summed E-state index contributed by atoms with van der Waals surface area (Å²) in [5.74, 6) is 0.964. The van der Waals surface area contributed by atoms with Gasteiger partial charge in [0.25, 0.3) is 0 Å². The molecule has 2 aromatic carbocycles. The van der Waals surface area contributed by atoms with Gasteiger partial charge in [-0.25, -0.2) is 9.97 Å². The van der Waals surface area contributed by atoms with E-state index < -0.39 is 0 Å². The van der Waals surface area contributed by atoms with E-state index in [1.807, 2.05) is 31.2 Å². The molecule has 3 aromatic rings. The molecular formula is C25H26Cl2N4O2. The monoisotopic (exact) mass is 484 g/mol. The van der Waals surface area contributed by atoms with Crippen molar-refractivity contribution in [2.45, 2.75) is 44.7 Å². The second kappa shape index (κ2) is 9.98. The smallest absolute Gasteiger partial charge is 0.243 e. The maximum absolute atomic E-state index is 11.7. The van der Waals surface area contributed by atoms with Gasteiger partial charge >= 0.3 is 0 Å². The number of rotatable bonds is 7. The van der Waals surface area contributed by atoms with Gasteiger partial charge in [0.2, 0.25) is 11.9 Å². The van der Waals surface area contributed by atoms with Crippen molar-refractivity contribution in [3.63, 3.8) is 0 Å². The molecule has 2 atom stereocenters. The summed E-state index contributed by atoms with van der Waals surface area (Å²) >= 11 is 13.3. The van der Waals surface area contributed by atoms with Crippen LogP contribution in [0.1, 0.15) is 31.7 Å². The minimum atomic E-state index is -0.165. The first-order valence-electron chi connectivity index (χ1n) is 11.0. The number of ether oxygens (including phenoxy) is 1. The Morgan fingerprint density at radius 2 is 2.03 bits per heavy atom. The maximum atomic E-state index is 11.7. The summed E-state index contributed by atoms with van der Waals surface area (Å²) in [4.78, 5) is 20.9. The lowest BCUT2D eigenvalue weighted by molar-refractivity contribution is -0.117. The minimum Gasteiger partial charge on any atom is -0.495 e. The van der Waals surface area contributed by atoms with Crippen molar-refractivity contribution in [1.82, 2.24) is 15.3 Å². The average Bonchev–Trinajstić information content (AvgIpc) is 3.25. The highest BCUT2D eigenvalue weighted by atomic mass is 35.5. The number of aromatic nitrogens is 2. The third-order valence-corrected chi connectivity index (χ3v) is 6.86. The van der Waals surface area contributed by atoms with Crippen LogP contribution in [0, 0.1) is 0 Å². The van der Waals surface area contributed by atoms with Crippen LogP contribution in [-0.2, 0) is 11.2 Å². The van der Waals surface area contributed by atoms with Gasteiger partial charge in [0.05, 0.1) is 22.7 Å². The molecule has 0 unspecified atom stereocenters. The molecule has 1 aromatic heterocycles. The Balaban J connectivity index is 1.63. The van der Waals surface area contributed by atoms with E-state index in [1.165, 1.54) is 6.08 Å². The first-order chi connectivity index (χ1) is 15.9. The summed E-state index contributed by atoms with van der Waals surface area (Å²) in [6.45, 7) is 5.56. The Morgan fingerprint density at radius 1 is 1.24 bits per heavy atom. The number of halogens is 2. The van der Waals surface area contributed by atoms with E-state index in [-0.39, 0.29) is 18.0 Å². The Labute approximate surface area is 203 Å². The summed E-state index contributed by atoms with van der Waals surface area (Å²) in [6.07, 6.45) is 6.72. The molecule has 2 N–H and O–H groups in total. The fourth-order valence-corrected chi connectivity index (χ4v) is 5.07. The van der Waals surface area contributed by atoms with Crippen molar-refractivity contribution < 1.29 is 9.53 Å². The molecule has 0 spiro atoms. The lowest BCUT2D eigenvalue weighted by atomic mass is 9.99. The zero-order chi connectivity index (χ0) is 23.5. The highest BCUT2D eigenvalue weighted by Gasteiger charge is 2.28. The molecule has 8 heteroatoms. The van der Waals surface area contributed by atoms with Crippen molar-refractivity contribution in [1.29, 1.82) is 0 Å². The third-order valence-electron chi connectivity index (χ3n) is 6.06. The van der Waals surface area contributed by atoms with Gasteiger partial charge in [-0.15, -0.1) is 0 Å². The number of benzene rings is 2. The van der Waals surface area contributed by atoms with Gasteiger partial charge in [0, 0.05) is 29.2 Å². The van der Waals surface area contributed by atoms with E-state index in [4.69, 9.17) is 27.9 Å². The van der Waals surface area contributed by atoms with Crippen LogP contribution in [0.4, 0.5) is 5.95 Å². The zero-order valence-electron chi connectivity index (χ0n) is 18.6. The van der Waals surface area contributed by atoms with Crippen LogP contribution in [-0.4, -0.2) is 35.1 Å². The molecule has 33 heavy (non-hydrogen) atoms. The molecule has 0 radical (unpaired) electrons. The van der Waals surface area contributed by atoms with Gasteiger partial charge in [-0.1, -0.05) is 42.8 Å². The first kappa shape index (κ1) is 23.3. The highest BCUT2D eigenvalue weighted by molar-refractivity contribution is 6.40. The van der Waals surface area contributed by atoms with Crippen molar-refractivity contribution in [2.75, 3.05) is 12.4 Å². The molecule has 4 rings (SSSR count). The molecule has 6 nitrogen and oxygen atoms in total. The third kappa shape index (κ3) is 4.77. The van der Waals surface area contributed by atoms with E-state index in [2.05, 4.69) is 27.2 Å². The minimum absolute atomic E-state index is 0.0299. The van der Waals surface area contributed by atoms with Gasteiger partial charge in [0.1, 0.15) is 5.75 Å². The first-order valence-corrected chi connectivity index (χ1v) is 11.7. The molecule has 1 fully saturated rings. The number of aryl methyl sites for hydroxylation is 1. The van der Waals surface area contributed by atoms with E-state index >= 15 is 0 Å². The second-order valence-electron chi connectivity index (χ2n) is 8.06. The molecule has 1 heterocycles. The SMILES string of the molecule is C=CC(=O)N[C@@H]1CCC[C@H]1Nc1ncc2cc(-c3c(Cl)c(CC)cc(OC)c3Cl)ccc2n1. The van der Waals surface area contributed by atoms with Crippen LogP contribution in [0.3, 0.4) is 0 Å². The molecule has 172 valence electrons. The molecule has 1 aliphatic rings. The second-order valence-corrected chi connectivity index (χ2v) is 8.82. The van der Waals surface area contributed by atoms with E-state index in [0.717, 1.165) is 53.3 Å². The Bertz CT molecular complexity index is 1190. The number of carbonyl (C=O) groups excluding carboxylic acids is 1. The van der Waals surface area contributed by atoms with Crippen LogP contribution >= 0.6 is 23.2 Å². The van der Waals surface area contributed by atoms with Gasteiger partial charge in [-0.05, 0) is 61.1 Å². The number of nitrogens with one attached hydrogen (secondary N) is 2. The summed E-state index contributed by atoms with van der Waals surface area (Å²) in [7, 11) is 1.60. The van der Waals surface area contributed by atoms with Crippen LogP contribution in [0.5, 0.6) is 5.75 Å². The van der Waals surface area contributed by atoms with E-state index in [0.29, 0.717) is 21.7 Å². The van der Waals surface area contributed by atoms with Crippen LogP contribution in [0.2, 0.25) is 10.0 Å². The molecular weight excluding hydrogens is 459 g/mol. The highest BCUT2D eigenvalue weighted by Crippen LogP contribution is 2.43. The number of amides is 1. The van der Waals surface area contributed by atoms with Gasteiger partial charge < -0.3 is 15.4 Å². The van der Waals surface area contributed by atoms with Gasteiger partial charge in [0.15, 0.2) is 0 Å². The predicted octanol–water partition coefficient (Wildman–Crippen LogP) is 5.81. The Morgan fingerprint density at radius 3 is 2.76 bits per heavy atom. The van der Waals surface area contributed by atoms with Gasteiger partial charge in [-0.3, -0.25) is 4.79 Å². The quantitative estimate of drug-likeness (QED) is 0.413. The maximum Gasteiger partial charge on any atom is 0.243 e. The number of hydrogen-bond acceptors (Lipinski definition) is 5. The zero-order valence-corrected chi connectivity index (χ0v) is 20.1.